The summed E-state index contributed by atoms with van der Waals surface area (Å²) in [5.74, 6) is 2.89. The summed E-state index contributed by atoms with van der Waals surface area (Å²) in [6, 6.07) is 0.264. The Morgan fingerprint density at radius 2 is 2.05 bits per heavy atom. The van der Waals surface area contributed by atoms with E-state index >= 15 is 0 Å². The molecule has 0 spiro atoms. The molecule has 0 bridgehead atoms. The maximum atomic E-state index is 5.96. The van der Waals surface area contributed by atoms with Crippen molar-refractivity contribution in [1.82, 2.24) is 15.1 Å². The van der Waals surface area contributed by atoms with Crippen molar-refractivity contribution < 1.29 is 0 Å². The topological polar surface area (TPSA) is 55.9 Å². The Kier molecular flexibility index (Phi) is 4.41. The molecule has 0 amide bonds. The van der Waals surface area contributed by atoms with E-state index in [1.807, 2.05) is 10.9 Å². The van der Waals surface area contributed by atoms with Crippen LogP contribution in [0.3, 0.4) is 0 Å². The maximum absolute atomic E-state index is 5.96. The van der Waals surface area contributed by atoms with E-state index in [0.717, 1.165) is 37.3 Å². The molecule has 4 nitrogen and oxygen atoms in total. The van der Waals surface area contributed by atoms with Gasteiger partial charge < -0.3 is 11.1 Å². The molecule has 2 aliphatic rings. The lowest BCUT2D eigenvalue weighted by Crippen LogP contribution is -2.33. The second-order valence-electron chi connectivity index (χ2n) is 6.57. The summed E-state index contributed by atoms with van der Waals surface area (Å²) < 4.78 is 2.03. The lowest BCUT2D eigenvalue weighted by Gasteiger charge is -2.21. The molecule has 0 radical (unpaired) electrons. The summed E-state index contributed by atoms with van der Waals surface area (Å²) in [7, 11) is 0. The molecule has 1 heterocycles. The molecule has 0 aromatic carbocycles. The van der Waals surface area contributed by atoms with E-state index < -0.39 is 0 Å². The Balaban J connectivity index is 1.55. The number of aromatic nitrogens is 2. The Morgan fingerprint density at radius 3 is 2.60 bits per heavy atom. The number of nitrogens with two attached hydrogens (primary N) is 1. The minimum Gasteiger partial charge on any atom is -0.329 e. The zero-order chi connectivity index (χ0) is 13.9. The SMILES string of the molecule is CCCn1cc(C(CN)NCC(C2CC2)C2CC2)cn1. The first-order valence-corrected chi connectivity index (χ1v) is 8.27. The van der Waals surface area contributed by atoms with Crippen molar-refractivity contribution in [2.75, 3.05) is 13.1 Å². The van der Waals surface area contributed by atoms with Crippen molar-refractivity contribution in [3.63, 3.8) is 0 Å². The van der Waals surface area contributed by atoms with Gasteiger partial charge in [-0.25, -0.2) is 0 Å². The zero-order valence-corrected chi connectivity index (χ0v) is 12.6. The van der Waals surface area contributed by atoms with Crippen molar-refractivity contribution in [2.24, 2.45) is 23.5 Å². The van der Waals surface area contributed by atoms with Crippen LogP contribution in [-0.4, -0.2) is 22.9 Å². The monoisotopic (exact) mass is 276 g/mol. The molecule has 0 aliphatic heterocycles. The van der Waals surface area contributed by atoms with Crippen LogP contribution >= 0.6 is 0 Å². The van der Waals surface area contributed by atoms with E-state index in [4.69, 9.17) is 5.73 Å². The van der Waals surface area contributed by atoms with E-state index in [2.05, 4.69) is 23.5 Å². The van der Waals surface area contributed by atoms with E-state index in [-0.39, 0.29) is 6.04 Å². The Labute approximate surface area is 122 Å². The first-order valence-electron chi connectivity index (χ1n) is 8.27. The summed E-state index contributed by atoms with van der Waals surface area (Å²) in [6.07, 6.45) is 11.0. The first-order chi connectivity index (χ1) is 9.81. The number of nitrogens with zero attached hydrogens (tertiary/aromatic N) is 2. The molecule has 20 heavy (non-hydrogen) atoms. The predicted octanol–water partition coefficient (Wildman–Crippen LogP) is 2.32. The summed E-state index contributed by atoms with van der Waals surface area (Å²) in [6.45, 7) is 4.95. The number of rotatable bonds is 9. The second-order valence-corrected chi connectivity index (χ2v) is 6.57. The number of aryl methyl sites for hydroxylation is 1. The lowest BCUT2D eigenvalue weighted by atomic mass is 9.97. The quantitative estimate of drug-likeness (QED) is 0.728. The van der Waals surface area contributed by atoms with Crippen LogP contribution in [0.25, 0.3) is 0 Å². The zero-order valence-electron chi connectivity index (χ0n) is 12.6. The Bertz CT molecular complexity index is 408. The van der Waals surface area contributed by atoms with Gasteiger partial charge in [-0.15, -0.1) is 0 Å². The summed E-state index contributed by atoms with van der Waals surface area (Å²) in [4.78, 5) is 0. The molecule has 1 atom stereocenters. The number of nitrogens with one attached hydrogen (secondary N) is 1. The van der Waals surface area contributed by atoms with Crippen molar-refractivity contribution in [2.45, 2.75) is 51.6 Å². The fourth-order valence-corrected chi connectivity index (χ4v) is 3.29. The normalized spacial score (nSPS) is 20.6. The first kappa shape index (κ1) is 14.1. The van der Waals surface area contributed by atoms with Gasteiger partial charge in [0.15, 0.2) is 0 Å². The molecule has 2 fully saturated rings. The van der Waals surface area contributed by atoms with Gasteiger partial charge in [0.05, 0.1) is 6.20 Å². The van der Waals surface area contributed by atoms with Crippen LogP contribution in [0.4, 0.5) is 0 Å². The highest BCUT2D eigenvalue weighted by molar-refractivity contribution is 5.11. The smallest absolute Gasteiger partial charge is 0.0538 e. The van der Waals surface area contributed by atoms with E-state index in [1.165, 1.54) is 31.2 Å². The van der Waals surface area contributed by atoms with Crippen molar-refractivity contribution >= 4 is 0 Å². The molecule has 1 unspecified atom stereocenters. The molecule has 0 saturated heterocycles. The highest BCUT2D eigenvalue weighted by Gasteiger charge is 2.41. The minimum atomic E-state index is 0.264. The van der Waals surface area contributed by atoms with Gasteiger partial charge in [0.25, 0.3) is 0 Å². The van der Waals surface area contributed by atoms with Crippen LogP contribution in [0.5, 0.6) is 0 Å². The highest BCUT2D eigenvalue weighted by Crippen LogP contribution is 2.48. The van der Waals surface area contributed by atoms with Gasteiger partial charge in [-0.3, -0.25) is 4.68 Å². The molecule has 1 aromatic heterocycles. The van der Waals surface area contributed by atoms with Crippen LogP contribution in [0.15, 0.2) is 12.4 Å². The minimum absolute atomic E-state index is 0.264. The number of hydrogen-bond acceptors (Lipinski definition) is 3. The fraction of sp³-hybridized carbons (Fsp3) is 0.812. The molecular weight excluding hydrogens is 248 g/mol. The third-order valence-corrected chi connectivity index (χ3v) is 4.80. The van der Waals surface area contributed by atoms with Gasteiger partial charge in [-0.2, -0.15) is 5.10 Å². The Morgan fingerprint density at radius 1 is 1.35 bits per heavy atom. The molecule has 4 heteroatoms. The van der Waals surface area contributed by atoms with Crippen molar-refractivity contribution in [1.29, 1.82) is 0 Å². The highest BCUT2D eigenvalue weighted by atomic mass is 15.3. The van der Waals surface area contributed by atoms with Crippen LogP contribution < -0.4 is 11.1 Å². The van der Waals surface area contributed by atoms with E-state index in [0.29, 0.717) is 6.54 Å². The largest absolute Gasteiger partial charge is 0.329 e. The van der Waals surface area contributed by atoms with Crippen LogP contribution in [0.1, 0.15) is 50.6 Å². The molecule has 3 rings (SSSR count). The van der Waals surface area contributed by atoms with E-state index in [9.17, 15) is 0 Å². The predicted molar refractivity (Wildman–Crippen MR) is 81.3 cm³/mol. The molecule has 2 saturated carbocycles. The molecular formula is C16H28N4. The second kappa shape index (κ2) is 6.27. The van der Waals surface area contributed by atoms with Gasteiger partial charge in [0, 0.05) is 30.9 Å². The number of hydrogen-bond donors (Lipinski definition) is 2. The lowest BCUT2D eigenvalue weighted by molar-refractivity contribution is 0.357. The van der Waals surface area contributed by atoms with Crippen molar-refractivity contribution in [3.8, 4) is 0 Å². The Hall–Kier alpha value is -0.870. The molecule has 3 N–H and O–H groups in total. The van der Waals surface area contributed by atoms with Gasteiger partial charge in [-0.05, 0) is 56.4 Å². The van der Waals surface area contributed by atoms with Crippen molar-refractivity contribution in [3.05, 3.63) is 18.0 Å². The third-order valence-electron chi connectivity index (χ3n) is 4.80. The average molecular weight is 276 g/mol. The standard InChI is InChI=1S/C16H28N4/c1-2-7-20-11-14(9-19-20)16(8-17)18-10-15(12-3-4-12)13-5-6-13/h9,11-13,15-16,18H,2-8,10,17H2,1H3. The molecule has 112 valence electrons. The molecule has 1 aromatic rings. The van der Waals surface area contributed by atoms with Crippen LogP contribution in [0.2, 0.25) is 0 Å². The third kappa shape index (κ3) is 3.41. The van der Waals surface area contributed by atoms with Crippen LogP contribution in [0, 0.1) is 17.8 Å². The van der Waals surface area contributed by atoms with Crippen LogP contribution in [-0.2, 0) is 6.54 Å². The molecule has 2 aliphatic carbocycles. The van der Waals surface area contributed by atoms with Gasteiger partial charge >= 0.3 is 0 Å². The fourth-order valence-electron chi connectivity index (χ4n) is 3.29. The summed E-state index contributed by atoms with van der Waals surface area (Å²) in [5, 5.41) is 8.12. The van der Waals surface area contributed by atoms with E-state index in [1.54, 1.807) is 0 Å². The summed E-state index contributed by atoms with van der Waals surface area (Å²) >= 11 is 0. The van der Waals surface area contributed by atoms with Gasteiger partial charge in [0.1, 0.15) is 0 Å². The van der Waals surface area contributed by atoms with Gasteiger partial charge in [0.2, 0.25) is 0 Å². The summed E-state index contributed by atoms with van der Waals surface area (Å²) in [5.41, 5.74) is 7.20. The van der Waals surface area contributed by atoms with Gasteiger partial charge in [-0.1, -0.05) is 6.92 Å². The average Bonchev–Trinajstić information content (AvgIpc) is 3.36. The maximum Gasteiger partial charge on any atom is 0.0538 e.